The van der Waals surface area contributed by atoms with Crippen LogP contribution in [-0.4, -0.2) is 61.8 Å². The summed E-state index contributed by atoms with van der Waals surface area (Å²) in [5.41, 5.74) is 0. The summed E-state index contributed by atoms with van der Waals surface area (Å²) in [4.78, 5) is 7.37. The van der Waals surface area contributed by atoms with Crippen molar-refractivity contribution in [1.29, 1.82) is 0 Å². The van der Waals surface area contributed by atoms with E-state index < -0.39 is 0 Å². The standard InChI is InChI=1S/C16H30N4O/c1-2-17-16(18-11-15-5-3-4-10-21-15)19-13-8-9-20(12-13)14-6-7-14/h13-15H,2-12H2,1H3,(H2,17,18,19). The molecule has 2 unspecified atom stereocenters. The average Bonchev–Trinajstić information content (AvgIpc) is 3.26. The first-order valence-corrected chi connectivity index (χ1v) is 8.75. The smallest absolute Gasteiger partial charge is 0.191 e. The summed E-state index contributed by atoms with van der Waals surface area (Å²) in [6, 6.07) is 1.43. The molecular weight excluding hydrogens is 264 g/mol. The largest absolute Gasteiger partial charge is 0.376 e. The first kappa shape index (κ1) is 15.1. The van der Waals surface area contributed by atoms with E-state index in [1.54, 1.807) is 0 Å². The van der Waals surface area contributed by atoms with Crippen molar-refractivity contribution in [2.75, 3.05) is 32.8 Å². The van der Waals surface area contributed by atoms with E-state index in [9.17, 15) is 0 Å². The fraction of sp³-hybridized carbons (Fsp3) is 0.938. The van der Waals surface area contributed by atoms with Crippen LogP contribution < -0.4 is 10.6 Å². The molecule has 21 heavy (non-hydrogen) atoms. The lowest BCUT2D eigenvalue weighted by Crippen LogP contribution is -2.45. The molecule has 0 bridgehead atoms. The van der Waals surface area contributed by atoms with Gasteiger partial charge in [-0.25, -0.2) is 0 Å². The van der Waals surface area contributed by atoms with Crippen LogP contribution in [0.3, 0.4) is 0 Å². The Morgan fingerprint density at radius 2 is 2.14 bits per heavy atom. The molecule has 5 nitrogen and oxygen atoms in total. The lowest BCUT2D eigenvalue weighted by atomic mass is 10.1. The number of aliphatic imine (C=N–C) groups is 1. The minimum Gasteiger partial charge on any atom is -0.376 e. The molecule has 2 saturated heterocycles. The summed E-state index contributed by atoms with van der Waals surface area (Å²) >= 11 is 0. The Labute approximate surface area is 128 Å². The molecule has 1 saturated carbocycles. The van der Waals surface area contributed by atoms with Crippen LogP contribution in [0.4, 0.5) is 0 Å². The van der Waals surface area contributed by atoms with Gasteiger partial charge >= 0.3 is 0 Å². The van der Waals surface area contributed by atoms with Gasteiger partial charge in [0.25, 0.3) is 0 Å². The molecule has 0 aromatic heterocycles. The van der Waals surface area contributed by atoms with Gasteiger partial charge in [-0.3, -0.25) is 9.89 Å². The van der Waals surface area contributed by atoms with Crippen LogP contribution in [0.25, 0.3) is 0 Å². The van der Waals surface area contributed by atoms with Gasteiger partial charge in [-0.15, -0.1) is 0 Å². The van der Waals surface area contributed by atoms with Crippen LogP contribution in [-0.2, 0) is 4.74 Å². The number of guanidine groups is 1. The topological polar surface area (TPSA) is 48.9 Å². The van der Waals surface area contributed by atoms with Crippen LogP contribution in [0.15, 0.2) is 4.99 Å². The van der Waals surface area contributed by atoms with Crippen LogP contribution >= 0.6 is 0 Å². The van der Waals surface area contributed by atoms with Gasteiger partial charge in [0.1, 0.15) is 0 Å². The van der Waals surface area contributed by atoms with Crippen molar-refractivity contribution in [2.45, 2.75) is 63.6 Å². The maximum atomic E-state index is 5.76. The number of hydrogen-bond acceptors (Lipinski definition) is 3. The second kappa shape index (κ2) is 7.45. The molecule has 5 heteroatoms. The highest BCUT2D eigenvalue weighted by atomic mass is 16.5. The monoisotopic (exact) mass is 294 g/mol. The zero-order chi connectivity index (χ0) is 14.5. The van der Waals surface area contributed by atoms with Crippen molar-refractivity contribution in [3.05, 3.63) is 0 Å². The molecule has 3 aliphatic rings. The Morgan fingerprint density at radius 1 is 1.24 bits per heavy atom. The minimum absolute atomic E-state index is 0.320. The third-order valence-corrected chi connectivity index (χ3v) is 4.70. The van der Waals surface area contributed by atoms with Crippen molar-refractivity contribution in [1.82, 2.24) is 15.5 Å². The summed E-state index contributed by atoms with van der Waals surface area (Å²) in [6.07, 6.45) is 8.00. The number of nitrogens with one attached hydrogen (secondary N) is 2. The summed E-state index contributed by atoms with van der Waals surface area (Å²) in [5, 5.41) is 6.98. The van der Waals surface area contributed by atoms with E-state index in [4.69, 9.17) is 9.73 Å². The Kier molecular flexibility index (Phi) is 5.36. The maximum Gasteiger partial charge on any atom is 0.191 e. The second-order valence-corrected chi connectivity index (χ2v) is 6.56. The van der Waals surface area contributed by atoms with Crippen molar-refractivity contribution in [3.63, 3.8) is 0 Å². The van der Waals surface area contributed by atoms with Gasteiger partial charge in [0.2, 0.25) is 0 Å². The second-order valence-electron chi connectivity index (χ2n) is 6.56. The molecule has 1 aliphatic carbocycles. The van der Waals surface area contributed by atoms with Gasteiger partial charge in [0, 0.05) is 38.3 Å². The quantitative estimate of drug-likeness (QED) is 0.593. The van der Waals surface area contributed by atoms with Crippen molar-refractivity contribution >= 4 is 5.96 Å². The zero-order valence-corrected chi connectivity index (χ0v) is 13.3. The highest BCUT2D eigenvalue weighted by Gasteiger charge is 2.34. The van der Waals surface area contributed by atoms with E-state index in [0.717, 1.165) is 38.1 Å². The van der Waals surface area contributed by atoms with Crippen molar-refractivity contribution in [3.8, 4) is 0 Å². The van der Waals surface area contributed by atoms with Gasteiger partial charge < -0.3 is 15.4 Å². The summed E-state index contributed by atoms with van der Waals surface area (Å²) in [7, 11) is 0. The fourth-order valence-electron chi connectivity index (χ4n) is 3.33. The van der Waals surface area contributed by atoms with E-state index in [2.05, 4.69) is 22.5 Å². The summed E-state index contributed by atoms with van der Waals surface area (Å²) in [5.74, 6) is 0.967. The number of nitrogens with zero attached hydrogens (tertiary/aromatic N) is 2. The molecule has 2 atom stereocenters. The first-order valence-electron chi connectivity index (χ1n) is 8.75. The first-order chi connectivity index (χ1) is 10.3. The molecule has 3 rings (SSSR count). The molecule has 0 aromatic carbocycles. The fourth-order valence-corrected chi connectivity index (χ4v) is 3.33. The predicted molar refractivity (Wildman–Crippen MR) is 85.7 cm³/mol. The number of rotatable bonds is 5. The lowest BCUT2D eigenvalue weighted by Gasteiger charge is -2.22. The summed E-state index contributed by atoms with van der Waals surface area (Å²) < 4.78 is 5.76. The zero-order valence-electron chi connectivity index (χ0n) is 13.3. The maximum absolute atomic E-state index is 5.76. The average molecular weight is 294 g/mol. The number of hydrogen-bond donors (Lipinski definition) is 2. The van der Waals surface area contributed by atoms with E-state index in [1.807, 2.05) is 0 Å². The van der Waals surface area contributed by atoms with Crippen LogP contribution in [0, 0.1) is 0 Å². The number of likely N-dealkylation sites (tertiary alicyclic amines) is 1. The van der Waals surface area contributed by atoms with E-state index in [0.29, 0.717) is 12.1 Å². The third kappa shape index (κ3) is 4.58. The van der Waals surface area contributed by atoms with Gasteiger partial charge in [-0.05, 0) is 45.4 Å². The molecule has 120 valence electrons. The van der Waals surface area contributed by atoms with E-state index in [1.165, 1.54) is 45.2 Å². The van der Waals surface area contributed by atoms with Crippen molar-refractivity contribution < 1.29 is 4.74 Å². The number of ether oxygens (including phenoxy) is 1. The van der Waals surface area contributed by atoms with Crippen molar-refractivity contribution in [2.24, 2.45) is 4.99 Å². The van der Waals surface area contributed by atoms with Gasteiger partial charge in [-0.1, -0.05) is 0 Å². The molecule has 0 spiro atoms. The minimum atomic E-state index is 0.320. The Morgan fingerprint density at radius 3 is 2.86 bits per heavy atom. The highest BCUT2D eigenvalue weighted by molar-refractivity contribution is 5.80. The van der Waals surface area contributed by atoms with Gasteiger partial charge in [-0.2, -0.15) is 0 Å². The Balaban J connectivity index is 1.46. The SMILES string of the molecule is CCNC(=NCC1CCCCO1)NC1CCN(C2CC2)C1. The van der Waals surface area contributed by atoms with Gasteiger partial charge in [0.05, 0.1) is 12.6 Å². The molecule has 0 amide bonds. The molecule has 0 aromatic rings. The molecule has 2 N–H and O–H groups in total. The lowest BCUT2D eigenvalue weighted by molar-refractivity contribution is 0.0224. The highest BCUT2D eigenvalue weighted by Crippen LogP contribution is 2.29. The van der Waals surface area contributed by atoms with E-state index in [-0.39, 0.29) is 0 Å². The third-order valence-electron chi connectivity index (χ3n) is 4.70. The molecule has 3 fully saturated rings. The van der Waals surface area contributed by atoms with Gasteiger partial charge in [0.15, 0.2) is 5.96 Å². The normalized spacial score (nSPS) is 31.4. The molecule has 2 heterocycles. The van der Waals surface area contributed by atoms with E-state index >= 15 is 0 Å². The predicted octanol–water partition coefficient (Wildman–Crippen LogP) is 1.35. The summed E-state index contributed by atoms with van der Waals surface area (Å²) in [6.45, 7) is 7.15. The molecular formula is C16H30N4O. The Bertz CT molecular complexity index is 350. The Hall–Kier alpha value is -0.810. The van der Waals surface area contributed by atoms with Crippen LogP contribution in [0.2, 0.25) is 0 Å². The molecule has 0 radical (unpaired) electrons. The van der Waals surface area contributed by atoms with Crippen LogP contribution in [0.1, 0.15) is 45.4 Å². The van der Waals surface area contributed by atoms with Crippen LogP contribution in [0.5, 0.6) is 0 Å². The molecule has 2 aliphatic heterocycles.